The Morgan fingerprint density at radius 2 is 1.54 bits per heavy atom. The van der Waals surface area contributed by atoms with Gasteiger partial charge < -0.3 is 10.1 Å². The molecule has 5 nitrogen and oxygen atoms in total. The summed E-state index contributed by atoms with van der Waals surface area (Å²) in [5.41, 5.74) is 0.518. The van der Waals surface area contributed by atoms with Gasteiger partial charge in [-0.2, -0.15) is 0 Å². The zero-order valence-electron chi connectivity index (χ0n) is 16.0. The molecule has 0 aromatic heterocycles. The highest BCUT2D eigenvalue weighted by Crippen LogP contribution is 2.28. The highest BCUT2D eigenvalue weighted by molar-refractivity contribution is 6.18. The van der Waals surface area contributed by atoms with Crippen LogP contribution in [0.5, 0.6) is 0 Å². The average Bonchev–Trinajstić information content (AvgIpc) is 2.73. The molecule has 1 amide bonds. The van der Waals surface area contributed by atoms with Crippen LogP contribution >= 0.6 is 0 Å². The lowest BCUT2D eigenvalue weighted by Gasteiger charge is -2.18. The summed E-state index contributed by atoms with van der Waals surface area (Å²) in [6, 6.07) is 16.5. The van der Waals surface area contributed by atoms with E-state index in [1.54, 1.807) is 6.92 Å². The van der Waals surface area contributed by atoms with Crippen molar-refractivity contribution in [1.29, 1.82) is 0 Å². The van der Waals surface area contributed by atoms with Gasteiger partial charge in [-0.25, -0.2) is 4.79 Å². The molecule has 0 aliphatic heterocycles. The zero-order valence-corrected chi connectivity index (χ0v) is 16.0. The van der Waals surface area contributed by atoms with E-state index in [0.717, 1.165) is 21.5 Å². The Kier molecular flexibility index (Phi) is 6.04. The molecule has 1 atom stereocenters. The van der Waals surface area contributed by atoms with Crippen molar-refractivity contribution in [3.8, 4) is 0 Å². The molecule has 0 saturated heterocycles. The van der Waals surface area contributed by atoms with Crippen LogP contribution in [0.1, 0.15) is 36.5 Å². The van der Waals surface area contributed by atoms with Crippen molar-refractivity contribution in [2.75, 3.05) is 7.11 Å². The quantitative estimate of drug-likeness (QED) is 0.498. The van der Waals surface area contributed by atoms with E-state index in [0.29, 0.717) is 12.0 Å². The van der Waals surface area contributed by atoms with Gasteiger partial charge >= 0.3 is 5.97 Å². The Labute approximate surface area is 163 Å². The molecular formula is C23H23NO4. The highest BCUT2D eigenvalue weighted by atomic mass is 16.5. The number of methoxy groups -OCH3 is 1. The van der Waals surface area contributed by atoms with Gasteiger partial charge in [0.2, 0.25) is 0 Å². The number of rotatable bonds is 7. The van der Waals surface area contributed by atoms with Gasteiger partial charge in [0.05, 0.1) is 12.7 Å². The number of amides is 1. The summed E-state index contributed by atoms with van der Waals surface area (Å²) in [4.78, 5) is 37.0. The number of ether oxygens (including phenoxy) is 1. The standard InChI is InChI=1S/C23H23NO4/c1-3-17(25)12-13-20(23(27)28-2)24-22(26)21-18-10-6-4-8-15(18)14-16-9-5-7-11-19(16)21/h4-11,14,20H,3,12-13H2,1-2H3,(H,24,26)/t20-/m1/s1. The number of nitrogens with one attached hydrogen (secondary N) is 1. The minimum atomic E-state index is -0.870. The molecule has 0 radical (unpaired) electrons. The molecule has 3 rings (SSSR count). The van der Waals surface area contributed by atoms with E-state index in [2.05, 4.69) is 5.32 Å². The minimum Gasteiger partial charge on any atom is -0.467 e. The van der Waals surface area contributed by atoms with Gasteiger partial charge in [-0.1, -0.05) is 55.5 Å². The molecule has 144 valence electrons. The van der Waals surface area contributed by atoms with Crippen LogP contribution in [0.25, 0.3) is 21.5 Å². The fraction of sp³-hybridized carbons (Fsp3) is 0.261. The number of fused-ring (bicyclic) bond motifs is 2. The van der Waals surface area contributed by atoms with E-state index in [-0.39, 0.29) is 24.5 Å². The molecule has 0 aliphatic carbocycles. The summed E-state index contributed by atoms with van der Waals surface area (Å²) >= 11 is 0. The van der Waals surface area contributed by atoms with Crippen LogP contribution in [0.15, 0.2) is 54.6 Å². The molecule has 1 N–H and O–H groups in total. The van der Waals surface area contributed by atoms with Crippen LogP contribution < -0.4 is 5.32 Å². The summed E-state index contributed by atoms with van der Waals surface area (Å²) in [6.45, 7) is 1.77. The fourth-order valence-electron chi connectivity index (χ4n) is 3.36. The molecule has 0 bridgehead atoms. The predicted octanol–water partition coefficient (Wildman–Crippen LogP) is 4.02. The van der Waals surface area contributed by atoms with Crippen molar-refractivity contribution in [3.63, 3.8) is 0 Å². The van der Waals surface area contributed by atoms with E-state index in [1.807, 2.05) is 54.6 Å². The molecule has 28 heavy (non-hydrogen) atoms. The van der Waals surface area contributed by atoms with Gasteiger partial charge in [-0.15, -0.1) is 0 Å². The fourth-order valence-corrected chi connectivity index (χ4v) is 3.36. The number of carbonyl (C=O) groups is 3. The van der Waals surface area contributed by atoms with Gasteiger partial charge in [0.15, 0.2) is 0 Å². The van der Waals surface area contributed by atoms with Crippen LogP contribution in [-0.2, 0) is 14.3 Å². The van der Waals surface area contributed by atoms with Crippen molar-refractivity contribution < 1.29 is 19.1 Å². The highest BCUT2D eigenvalue weighted by Gasteiger charge is 2.24. The first kappa shape index (κ1) is 19.5. The van der Waals surface area contributed by atoms with Crippen LogP contribution in [-0.4, -0.2) is 30.8 Å². The number of carbonyl (C=O) groups excluding carboxylic acids is 3. The first-order chi connectivity index (χ1) is 13.5. The lowest BCUT2D eigenvalue weighted by Crippen LogP contribution is -2.42. The van der Waals surface area contributed by atoms with E-state index < -0.39 is 12.0 Å². The predicted molar refractivity (Wildman–Crippen MR) is 109 cm³/mol. The molecule has 0 fully saturated rings. The third-order valence-corrected chi connectivity index (χ3v) is 4.90. The second-order valence-electron chi connectivity index (χ2n) is 6.67. The van der Waals surface area contributed by atoms with Gasteiger partial charge in [0, 0.05) is 12.8 Å². The maximum atomic E-state index is 13.2. The second-order valence-corrected chi connectivity index (χ2v) is 6.67. The summed E-state index contributed by atoms with van der Waals surface area (Å²) in [5.74, 6) is -0.868. The Morgan fingerprint density at radius 1 is 0.964 bits per heavy atom. The Balaban J connectivity index is 2.00. The molecular weight excluding hydrogens is 354 g/mol. The number of esters is 1. The van der Waals surface area contributed by atoms with E-state index in [1.165, 1.54) is 7.11 Å². The van der Waals surface area contributed by atoms with E-state index in [4.69, 9.17) is 4.74 Å². The molecule has 0 saturated carbocycles. The Morgan fingerprint density at radius 3 is 2.07 bits per heavy atom. The normalized spacial score (nSPS) is 11.9. The number of Topliss-reactive ketones (excluding diaryl/α,β-unsaturated/α-hetero) is 1. The van der Waals surface area contributed by atoms with Gasteiger partial charge in [-0.3, -0.25) is 9.59 Å². The smallest absolute Gasteiger partial charge is 0.328 e. The molecule has 3 aromatic carbocycles. The molecule has 5 heteroatoms. The van der Waals surface area contributed by atoms with Crippen molar-refractivity contribution in [3.05, 3.63) is 60.2 Å². The van der Waals surface area contributed by atoms with Crippen molar-refractivity contribution in [2.45, 2.75) is 32.2 Å². The van der Waals surface area contributed by atoms with Crippen molar-refractivity contribution >= 4 is 39.2 Å². The largest absolute Gasteiger partial charge is 0.467 e. The van der Waals surface area contributed by atoms with Crippen LogP contribution in [0, 0.1) is 0 Å². The number of hydrogen-bond donors (Lipinski definition) is 1. The molecule has 3 aromatic rings. The maximum absolute atomic E-state index is 13.2. The van der Waals surface area contributed by atoms with E-state index >= 15 is 0 Å². The number of benzene rings is 3. The zero-order chi connectivity index (χ0) is 20.1. The van der Waals surface area contributed by atoms with Gasteiger partial charge in [-0.05, 0) is 34.0 Å². The molecule has 0 spiro atoms. The first-order valence-electron chi connectivity index (χ1n) is 9.36. The molecule has 0 unspecified atom stereocenters. The summed E-state index contributed by atoms with van der Waals surface area (Å²) in [6.07, 6.45) is 0.830. The summed E-state index contributed by atoms with van der Waals surface area (Å²) < 4.78 is 4.83. The van der Waals surface area contributed by atoms with Crippen LogP contribution in [0.4, 0.5) is 0 Å². The van der Waals surface area contributed by atoms with Crippen molar-refractivity contribution in [2.24, 2.45) is 0 Å². The summed E-state index contributed by atoms with van der Waals surface area (Å²) in [5, 5.41) is 6.30. The maximum Gasteiger partial charge on any atom is 0.328 e. The monoisotopic (exact) mass is 377 g/mol. The third kappa shape index (κ3) is 4.03. The average molecular weight is 377 g/mol. The Bertz CT molecular complexity index is 987. The van der Waals surface area contributed by atoms with Crippen molar-refractivity contribution in [1.82, 2.24) is 5.32 Å². The second kappa shape index (κ2) is 8.65. The molecule has 0 aliphatic rings. The Hall–Kier alpha value is -3.21. The third-order valence-electron chi connectivity index (χ3n) is 4.90. The van der Waals surface area contributed by atoms with Gasteiger partial charge in [0.1, 0.15) is 11.8 Å². The first-order valence-corrected chi connectivity index (χ1v) is 9.36. The van der Waals surface area contributed by atoms with Crippen LogP contribution in [0.3, 0.4) is 0 Å². The van der Waals surface area contributed by atoms with Crippen LogP contribution in [0.2, 0.25) is 0 Å². The number of hydrogen-bond acceptors (Lipinski definition) is 4. The lowest BCUT2D eigenvalue weighted by atomic mass is 9.96. The number of ketones is 1. The van der Waals surface area contributed by atoms with E-state index in [9.17, 15) is 14.4 Å². The summed E-state index contributed by atoms with van der Waals surface area (Å²) in [7, 11) is 1.27. The lowest BCUT2D eigenvalue weighted by molar-refractivity contribution is -0.143. The minimum absolute atomic E-state index is 0.0405. The topological polar surface area (TPSA) is 72.5 Å². The van der Waals surface area contributed by atoms with Gasteiger partial charge in [0.25, 0.3) is 5.91 Å². The molecule has 0 heterocycles. The SMILES string of the molecule is CCC(=O)CC[C@@H](NC(=O)c1c2ccccc2cc2ccccc12)C(=O)OC.